The highest BCUT2D eigenvalue weighted by Gasteiger charge is 2.10. The van der Waals surface area contributed by atoms with Gasteiger partial charge in [-0.2, -0.15) is 0 Å². The average molecular weight is 247 g/mol. The van der Waals surface area contributed by atoms with Crippen molar-refractivity contribution in [2.24, 2.45) is 5.73 Å². The van der Waals surface area contributed by atoms with Gasteiger partial charge in [-0.25, -0.2) is 4.98 Å². The lowest BCUT2D eigenvalue weighted by atomic mass is 10.2. The molecule has 0 fully saturated rings. The molecule has 0 bridgehead atoms. The number of nitrogens with two attached hydrogens (primary N) is 1. The number of nitrogens with zero attached hydrogens (tertiary/aromatic N) is 1. The van der Waals surface area contributed by atoms with Gasteiger partial charge in [0, 0.05) is 17.6 Å². The van der Waals surface area contributed by atoms with Gasteiger partial charge in [-0.1, -0.05) is 12.1 Å². The van der Waals surface area contributed by atoms with Crippen molar-refractivity contribution < 1.29 is 4.79 Å². The summed E-state index contributed by atoms with van der Waals surface area (Å²) in [5, 5.41) is 5.28. The normalized spacial score (nSPS) is 10.2. The predicted molar refractivity (Wildman–Crippen MR) is 69.1 cm³/mol. The molecule has 2 rings (SSSR count). The lowest BCUT2D eigenvalue weighted by Gasteiger charge is -2.03. The zero-order chi connectivity index (χ0) is 12.3. The van der Waals surface area contributed by atoms with Crippen molar-refractivity contribution in [1.29, 1.82) is 0 Å². The summed E-state index contributed by atoms with van der Waals surface area (Å²) in [6, 6.07) is 7.64. The lowest BCUT2D eigenvalue weighted by Crippen LogP contribution is -2.12. The standard InChI is InChI=1S/C12H13N3OS/c1-8-3-2-4-9(5-8)14-12(16)10-7-17-11(6-13)15-10/h2-5,7H,6,13H2,1H3,(H,14,16). The van der Waals surface area contributed by atoms with Gasteiger partial charge in [0.25, 0.3) is 5.91 Å². The second kappa shape index (κ2) is 5.07. The van der Waals surface area contributed by atoms with Crippen molar-refractivity contribution in [3.05, 3.63) is 45.9 Å². The summed E-state index contributed by atoms with van der Waals surface area (Å²) in [5.74, 6) is -0.202. The Balaban J connectivity index is 2.11. The summed E-state index contributed by atoms with van der Waals surface area (Å²) in [4.78, 5) is 16.0. The molecule has 0 spiro atoms. The van der Waals surface area contributed by atoms with E-state index in [1.807, 2.05) is 31.2 Å². The predicted octanol–water partition coefficient (Wildman–Crippen LogP) is 2.16. The summed E-state index contributed by atoms with van der Waals surface area (Å²) < 4.78 is 0. The zero-order valence-electron chi connectivity index (χ0n) is 9.43. The van der Waals surface area contributed by atoms with Crippen LogP contribution in [0.25, 0.3) is 0 Å². The summed E-state index contributed by atoms with van der Waals surface area (Å²) in [6.07, 6.45) is 0. The van der Waals surface area contributed by atoms with Crippen LogP contribution < -0.4 is 11.1 Å². The minimum atomic E-state index is -0.202. The number of hydrogen-bond acceptors (Lipinski definition) is 4. The fourth-order valence-corrected chi connectivity index (χ4v) is 2.08. The molecule has 0 aliphatic rings. The minimum absolute atomic E-state index is 0.202. The molecule has 0 atom stereocenters. The number of thiazole rings is 1. The number of anilines is 1. The molecule has 0 unspecified atom stereocenters. The van der Waals surface area contributed by atoms with E-state index < -0.39 is 0 Å². The van der Waals surface area contributed by atoms with Crippen molar-refractivity contribution in [3.63, 3.8) is 0 Å². The monoisotopic (exact) mass is 247 g/mol. The molecular weight excluding hydrogens is 234 g/mol. The molecule has 1 aromatic heterocycles. The maximum atomic E-state index is 11.8. The summed E-state index contributed by atoms with van der Waals surface area (Å²) >= 11 is 1.39. The van der Waals surface area contributed by atoms with E-state index in [0.29, 0.717) is 12.2 Å². The van der Waals surface area contributed by atoms with E-state index in [-0.39, 0.29) is 5.91 Å². The lowest BCUT2D eigenvalue weighted by molar-refractivity contribution is 0.102. The molecule has 1 aromatic carbocycles. The van der Waals surface area contributed by atoms with Crippen LogP contribution in [0.15, 0.2) is 29.6 Å². The molecule has 2 aromatic rings. The van der Waals surface area contributed by atoms with Gasteiger partial charge in [0.2, 0.25) is 0 Å². The molecule has 17 heavy (non-hydrogen) atoms. The van der Waals surface area contributed by atoms with Gasteiger partial charge in [-0.3, -0.25) is 4.79 Å². The Kier molecular flexibility index (Phi) is 3.51. The molecule has 1 amide bonds. The third-order valence-electron chi connectivity index (χ3n) is 2.23. The topological polar surface area (TPSA) is 68.0 Å². The van der Waals surface area contributed by atoms with Crippen molar-refractivity contribution in [1.82, 2.24) is 4.98 Å². The van der Waals surface area contributed by atoms with Crippen LogP contribution in [0.2, 0.25) is 0 Å². The van der Waals surface area contributed by atoms with Crippen molar-refractivity contribution in [2.45, 2.75) is 13.5 Å². The minimum Gasteiger partial charge on any atom is -0.325 e. The SMILES string of the molecule is Cc1cccc(NC(=O)c2csc(CN)n2)c1. The van der Waals surface area contributed by atoms with E-state index in [9.17, 15) is 4.79 Å². The van der Waals surface area contributed by atoms with E-state index in [2.05, 4.69) is 10.3 Å². The second-order valence-corrected chi connectivity index (χ2v) is 4.60. The summed E-state index contributed by atoms with van der Waals surface area (Å²) in [6.45, 7) is 2.34. The summed E-state index contributed by atoms with van der Waals surface area (Å²) in [5.41, 5.74) is 7.74. The number of nitrogens with one attached hydrogen (secondary N) is 1. The molecule has 4 nitrogen and oxygen atoms in total. The fourth-order valence-electron chi connectivity index (χ4n) is 1.43. The number of carbonyl (C=O) groups excluding carboxylic acids is 1. The molecular formula is C12H13N3OS. The molecule has 1 heterocycles. The van der Waals surface area contributed by atoms with Crippen molar-refractivity contribution in [2.75, 3.05) is 5.32 Å². The molecule has 5 heteroatoms. The van der Waals surface area contributed by atoms with Crippen LogP contribution in [-0.4, -0.2) is 10.9 Å². The van der Waals surface area contributed by atoms with Crippen LogP contribution in [-0.2, 0) is 6.54 Å². The van der Waals surface area contributed by atoms with Crippen molar-refractivity contribution >= 4 is 22.9 Å². The van der Waals surface area contributed by atoms with E-state index >= 15 is 0 Å². The Labute approximate surface area is 103 Å². The van der Waals surface area contributed by atoms with Crippen LogP contribution in [0.5, 0.6) is 0 Å². The fraction of sp³-hybridized carbons (Fsp3) is 0.167. The number of aromatic nitrogens is 1. The van der Waals surface area contributed by atoms with Gasteiger partial charge in [0.15, 0.2) is 0 Å². The van der Waals surface area contributed by atoms with E-state index in [4.69, 9.17) is 5.73 Å². The second-order valence-electron chi connectivity index (χ2n) is 3.65. The smallest absolute Gasteiger partial charge is 0.275 e. The van der Waals surface area contributed by atoms with E-state index in [0.717, 1.165) is 16.3 Å². The molecule has 0 aliphatic heterocycles. The van der Waals surface area contributed by atoms with E-state index in [1.54, 1.807) is 5.38 Å². The van der Waals surface area contributed by atoms with Crippen LogP contribution in [0.3, 0.4) is 0 Å². The quantitative estimate of drug-likeness (QED) is 0.873. The highest BCUT2D eigenvalue weighted by molar-refractivity contribution is 7.09. The number of benzene rings is 1. The van der Waals surface area contributed by atoms with E-state index in [1.165, 1.54) is 11.3 Å². The Morgan fingerprint density at radius 3 is 3.00 bits per heavy atom. The van der Waals surface area contributed by atoms with Gasteiger partial charge in [-0.05, 0) is 24.6 Å². The molecule has 88 valence electrons. The first-order chi connectivity index (χ1) is 8.19. The largest absolute Gasteiger partial charge is 0.325 e. The first-order valence-electron chi connectivity index (χ1n) is 5.21. The Bertz CT molecular complexity index is 536. The van der Waals surface area contributed by atoms with Gasteiger partial charge in [0.1, 0.15) is 10.7 Å². The first-order valence-corrected chi connectivity index (χ1v) is 6.09. The van der Waals surface area contributed by atoms with Gasteiger partial charge >= 0.3 is 0 Å². The molecule has 0 saturated carbocycles. The molecule has 3 N–H and O–H groups in total. The first kappa shape index (κ1) is 11.8. The highest BCUT2D eigenvalue weighted by atomic mass is 32.1. The number of carbonyl (C=O) groups is 1. The Morgan fingerprint density at radius 1 is 1.53 bits per heavy atom. The molecule has 0 radical (unpaired) electrons. The molecule has 0 saturated heterocycles. The van der Waals surface area contributed by atoms with Gasteiger partial charge in [-0.15, -0.1) is 11.3 Å². The third kappa shape index (κ3) is 2.89. The third-order valence-corrected chi connectivity index (χ3v) is 3.11. The van der Waals surface area contributed by atoms with Gasteiger partial charge < -0.3 is 11.1 Å². The van der Waals surface area contributed by atoms with Crippen LogP contribution in [0.4, 0.5) is 5.69 Å². The van der Waals surface area contributed by atoms with Gasteiger partial charge in [0.05, 0.1) is 0 Å². The number of amides is 1. The van der Waals surface area contributed by atoms with Crippen LogP contribution in [0, 0.1) is 6.92 Å². The average Bonchev–Trinajstić information content (AvgIpc) is 2.77. The number of rotatable bonds is 3. The maximum absolute atomic E-state index is 11.8. The summed E-state index contributed by atoms with van der Waals surface area (Å²) in [7, 11) is 0. The van der Waals surface area contributed by atoms with Crippen LogP contribution >= 0.6 is 11.3 Å². The molecule has 0 aliphatic carbocycles. The zero-order valence-corrected chi connectivity index (χ0v) is 10.3. The van der Waals surface area contributed by atoms with Crippen molar-refractivity contribution in [3.8, 4) is 0 Å². The maximum Gasteiger partial charge on any atom is 0.275 e. The Hall–Kier alpha value is -1.72. The number of aryl methyl sites for hydroxylation is 1. The Morgan fingerprint density at radius 2 is 2.35 bits per heavy atom. The number of hydrogen-bond donors (Lipinski definition) is 2. The highest BCUT2D eigenvalue weighted by Crippen LogP contribution is 2.13. The van der Waals surface area contributed by atoms with Crippen LogP contribution in [0.1, 0.15) is 21.1 Å².